The minimum absolute atomic E-state index is 0.131. The first-order chi connectivity index (χ1) is 5.91. The molecule has 0 aromatic carbocycles. The molecule has 1 atom stereocenters. The first-order valence-corrected chi connectivity index (χ1v) is 5.44. The summed E-state index contributed by atoms with van der Waals surface area (Å²) in [7, 11) is -3.58. The van der Waals surface area contributed by atoms with Gasteiger partial charge in [0.1, 0.15) is 0 Å². The highest BCUT2D eigenvalue weighted by Gasteiger charge is 2.26. The van der Waals surface area contributed by atoms with Gasteiger partial charge in [0.25, 0.3) is 0 Å². The molecule has 1 N–H and O–H groups in total. The van der Waals surface area contributed by atoms with Gasteiger partial charge in [0.2, 0.25) is 0 Å². The van der Waals surface area contributed by atoms with Crippen LogP contribution < -0.4 is 0 Å². The number of nitrogens with zero attached hydrogens (tertiary/aromatic N) is 1. The van der Waals surface area contributed by atoms with E-state index in [-0.39, 0.29) is 18.6 Å². The molecule has 0 heterocycles. The van der Waals surface area contributed by atoms with E-state index in [1.54, 1.807) is 6.07 Å². The second kappa shape index (κ2) is 4.82. The fourth-order valence-corrected chi connectivity index (χ4v) is 1.89. The van der Waals surface area contributed by atoms with Crippen LogP contribution in [-0.2, 0) is 14.6 Å². The molecular weight excluding hydrogens is 194 g/mol. The van der Waals surface area contributed by atoms with Crippen LogP contribution >= 0.6 is 0 Å². The second-order valence-electron chi connectivity index (χ2n) is 2.61. The molecule has 0 bridgehead atoms. The molecule has 6 heteroatoms. The summed E-state index contributed by atoms with van der Waals surface area (Å²) in [6.07, 6.45) is 0.321. The van der Waals surface area contributed by atoms with Crippen LogP contribution in [-0.4, -0.2) is 30.5 Å². The summed E-state index contributed by atoms with van der Waals surface area (Å²) >= 11 is 0. The van der Waals surface area contributed by atoms with Crippen molar-refractivity contribution in [1.82, 2.24) is 0 Å². The monoisotopic (exact) mass is 205 g/mol. The van der Waals surface area contributed by atoms with Crippen LogP contribution in [0.2, 0.25) is 0 Å². The van der Waals surface area contributed by atoms with Crippen LogP contribution in [0.1, 0.15) is 19.8 Å². The van der Waals surface area contributed by atoms with Crippen molar-refractivity contribution in [1.29, 1.82) is 5.26 Å². The molecule has 0 aliphatic rings. The Morgan fingerprint density at radius 2 is 2.15 bits per heavy atom. The highest BCUT2D eigenvalue weighted by molar-refractivity contribution is 7.92. The van der Waals surface area contributed by atoms with E-state index in [2.05, 4.69) is 0 Å². The third kappa shape index (κ3) is 3.90. The number of rotatable bonds is 5. The van der Waals surface area contributed by atoms with E-state index in [4.69, 9.17) is 10.4 Å². The molecule has 13 heavy (non-hydrogen) atoms. The van der Waals surface area contributed by atoms with Crippen molar-refractivity contribution in [3.63, 3.8) is 0 Å². The fraction of sp³-hybridized carbons (Fsp3) is 0.714. The van der Waals surface area contributed by atoms with Crippen molar-refractivity contribution in [3.8, 4) is 6.07 Å². The zero-order valence-electron chi connectivity index (χ0n) is 7.23. The highest BCUT2D eigenvalue weighted by atomic mass is 32.2. The van der Waals surface area contributed by atoms with Gasteiger partial charge in [-0.3, -0.25) is 4.79 Å². The molecule has 0 saturated carbocycles. The maximum atomic E-state index is 11.2. The number of sulfone groups is 1. The van der Waals surface area contributed by atoms with E-state index in [0.717, 1.165) is 6.92 Å². The summed E-state index contributed by atoms with van der Waals surface area (Å²) in [5.41, 5.74) is 0. The van der Waals surface area contributed by atoms with Gasteiger partial charge in [0.05, 0.1) is 11.8 Å². The molecule has 0 amide bonds. The molecule has 0 aromatic heterocycles. The largest absolute Gasteiger partial charge is 0.480 e. The van der Waals surface area contributed by atoms with Crippen LogP contribution in [0.3, 0.4) is 0 Å². The van der Waals surface area contributed by atoms with Crippen molar-refractivity contribution in [2.75, 3.05) is 5.75 Å². The molecular formula is C7H11NO4S. The summed E-state index contributed by atoms with van der Waals surface area (Å²) in [5.74, 6) is -1.59. The summed E-state index contributed by atoms with van der Waals surface area (Å²) in [4.78, 5) is 10.3. The summed E-state index contributed by atoms with van der Waals surface area (Å²) in [5, 5.41) is 15.2. The predicted octanol–water partition coefficient (Wildman–Crippen LogP) is 0.178. The fourth-order valence-electron chi connectivity index (χ4n) is 0.683. The van der Waals surface area contributed by atoms with Gasteiger partial charge in [-0.1, -0.05) is 0 Å². The molecule has 0 fully saturated rings. The van der Waals surface area contributed by atoms with Crippen LogP contribution in [0.25, 0.3) is 0 Å². The van der Waals surface area contributed by atoms with Gasteiger partial charge in [-0.15, -0.1) is 0 Å². The molecule has 5 nitrogen and oxygen atoms in total. The van der Waals surface area contributed by atoms with Crippen molar-refractivity contribution in [2.45, 2.75) is 25.0 Å². The molecule has 0 spiro atoms. The normalized spacial score (nSPS) is 13.2. The average molecular weight is 205 g/mol. The lowest BCUT2D eigenvalue weighted by atomic mass is 10.4. The van der Waals surface area contributed by atoms with Crippen LogP contribution in [0.15, 0.2) is 0 Å². The Bertz CT molecular complexity index is 314. The quantitative estimate of drug-likeness (QED) is 0.646. The summed E-state index contributed by atoms with van der Waals surface area (Å²) in [6, 6.07) is 1.80. The Labute approximate surface area is 76.9 Å². The van der Waals surface area contributed by atoms with Crippen LogP contribution in [0, 0.1) is 11.3 Å². The third-order valence-electron chi connectivity index (χ3n) is 1.60. The van der Waals surface area contributed by atoms with E-state index in [1.807, 2.05) is 0 Å². The summed E-state index contributed by atoms with van der Waals surface area (Å²) in [6.45, 7) is 1.13. The Balaban J connectivity index is 4.26. The Morgan fingerprint density at radius 1 is 1.62 bits per heavy atom. The van der Waals surface area contributed by atoms with E-state index in [9.17, 15) is 13.2 Å². The van der Waals surface area contributed by atoms with Gasteiger partial charge in [-0.05, 0) is 13.3 Å². The molecule has 0 radical (unpaired) electrons. The van der Waals surface area contributed by atoms with Crippen LogP contribution in [0.4, 0.5) is 0 Å². The number of aliphatic carboxylic acids is 1. The number of nitriles is 1. The predicted molar refractivity (Wildman–Crippen MR) is 45.7 cm³/mol. The second-order valence-corrected chi connectivity index (χ2v) is 5.05. The maximum Gasteiger partial charge on any atom is 0.321 e. The first kappa shape index (κ1) is 11.9. The van der Waals surface area contributed by atoms with E-state index in [1.165, 1.54) is 0 Å². The molecule has 0 aliphatic carbocycles. The number of hydrogen-bond acceptors (Lipinski definition) is 4. The zero-order chi connectivity index (χ0) is 10.5. The summed E-state index contributed by atoms with van der Waals surface area (Å²) < 4.78 is 22.3. The first-order valence-electron chi connectivity index (χ1n) is 3.73. The van der Waals surface area contributed by atoms with E-state index >= 15 is 0 Å². The van der Waals surface area contributed by atoms with Crippen molar-refractivity contribution < 1.29 is 18.3 Å². The molecule has 0 rings (SSSR count). The van der Waals surface area contributed by atoms with E-state index in [0.29, 0.717) is 0 Å². The average Bonchev–Trinajstić information content (AvgIpc) is 2.03. The third-order valence-corrected chi connectivity index (χ3v) is 3.74. The van der Waals surface area contributed by atoms with Crippen LogP contribution in [0.5, 0.6) is 0 Å². The van der Waals surface area contributed by atoms with Gasteiger partial charge >= 0.3 is 5.97 Å². The zero-order valence-corrected chi connectivity index (χ0v) is 8.04. The Hall–Kier alpha value is -1.09. The minimum Gasteiger partial charge on any atom is -0.480 e. The minimum atomic E-state index is -3.58. The van der Waals surface area contributed by atoms with Gasteiger partial charge < -0.3 is 5.11 Å². The van der Waals surface area contributed by atoms with Crippen molar-refractivity contribution >= 4 is 15.8 Å². The topological polar surface area (TPSA) is 95.2 Å². The number of carbonyl (C=O) groups is 1. The molecule has 1 unspecified atom stereocenters. The van der Waals surface area contributed by atoms with Gasteiger partial charge in [0, 0.05) is 6.42 Å². The molecule has 0 saturated heterocycles. The van der Waals surface area contributed by atoms with Gasteiger partial charge in [-0.2, -0.15) is 5.26 Å². The van der Waals surface area contributed by atoms with Gasteiger partial charge in [0.15, 0.2) is 15.1 Å². The van der Waals surface area contributed by atoms with Crippen molar-refractivity contribution in [3.05, 3.63) is 0 Å². The maximum absolute atomic E-state index is 11.2. The standard InChI is InChI=1S/C7H11NO4S/c1-6(7(9)10)13(11,12)5-3-2-4-8/h6H,2-3,5H2,1H3,(H,9,10). The molecule has 74 valence electrons. The number of carboxylic acids is 1. The van der Waals surface area contributed by atoms with E-state index < -0.39 is 21.1 Å². The SMILES string of the molecule is CC(C(=O)O)S(=O)(=O)CCCC#N. The van der Waals surface area contributed by atoms with Crippen molar-refractivity contribution in [2.24, 2.45) is 0 Å². The lowest BCUT2D eigenvalue weighted by Gasteiger charge is -2.06. The number of unbranched alkanes of at least 4 members (excludes halogenated alkanes) is 1. The molecule has 0 aromatic rings. The van der Waals surface area contributed by atoms with Gasteiger partial charge in [-0.25, -0.2) is 8.42 Å². The Kier molecular flexibility index (Phi) is 4.42. The smallest absolute Gasteiger partial charge is 0.321 e. The highest BCUT2D eigenvalue weighted by Crippen LogP contribution is 2.05. The lowest BCUT2D eigenvalue weighted by Crippen LogP contribution is -2.28. The molecule has 0 aliphatic heterocycles. The number of carboxylic acid groups (broad SMARTS) is 1. The lowest BCUT2D eigenvalue weighted by molar-refractivity contribution is -0.136. The Morgan fingerprint density at radius 3 is 2.54 bits per heavy atom. The number of hydrogen-bond donors (Lipinski definition) is 1.